The molecule has 4 rings (SSSR count). The Morgan fingerprint density at radius 2 is 2.00 bits per heavy atom. The summed E-state index contributed by atoms with van der Waals surface area (Å²) in [6.07, 6.45) is 0. The Balaban J connectivity index is 1.60. The van der Waals surface area contributed by atoms with Crippen LogP contribution in [0.25, 0.3) is 16.9 Å². The summed E-state index contributed by atoms with van der Waals surface area (Å²) >= 11 is 1.20. The van der Waals surface area contributed by atoms with Crippen molar-refractivity contribution in [2.45, 2.75) is 13.5 Å². The number of hydrogen-bond donors (Lipinski definition) is 0. The van der Waals surface area contributed by atoms with Gasteiger partial charge in [0.2, 0.25) is 0 Å². The van der Waals surface area contributed by atoms with Gasteiger partial charge in [0.15, 0.2) is 0 Å². The molecule has 0 atom stereocenters. The SMILES string of the molecule is Cc1cccc(-n2nnn(C)c2=O)c1COc1nc(-c2ccc(F)cc2F)cs1. The Kier molecular flexibility index (Phi) is 4.93. The van der Waals surface area contributed by atoms with Crippen LogP contribution in [0, 0.1) is 18.6 Å². The minimum atomic E-state index is -0.690. The molecule has 0 spiro atoms. The zero-order valence-electron chi connectivity index (χ0n) is 15.5. The maximum atomic E-state index is 14.0. The lowest BCUT2D eigenvalue weighted by Crippen LogP contribution is -2.23. The van der Waals surface area contributed by atoms with Crippen molar-refractivity contribution in [2.24, 2.45) is 7.05 Å². The Hall–Kier alpha value is -3.40. The van der Waals surface area contributed by atoms with Gasteiger partial charge in [0.1, 0.15) is 18.2 Å². The summed E-state index contributed by atoms with van der Waals surface area (Å²) in [4.78, 5) is 16.5. The highest BCUT2D eigenvalue weighted by molar-refractivity contribution is 7.11. The van der Waals surface area contributed by atoms with E-state index in [1.54, 1.807) is 11.4 Å². The molecule has 10 heteroatoms. The number of benzene rings is 2. The van der Waals surface area contributed by atoms with Crippen molar-refractivity contribution < 1.29 is 13.5 Å². The first-order chi connectivity index (χ1) is 13.9. The number of nitrogens with zero attached hydrogens (tertiary/aromatic N) is 5. The maximum Gasteiger partial charge on any atom is 0.368 e. The third-order valence-corrected chi connectivity index (χ3v) is 5.12. The highest BCUT2D eigenvalue weighted by Crippen LogP contribution is 2.29. The maximum absolute atomic E-state index is 14.0. The summed E-state index contributed by atoms with van der Waals surface area (Å²) in [7, 11) is 1.52. The second-order valence-corrected chi connectivity index (χ2v) is 7.10. The molecule has 0 amide bonds. The van der Waals surface area contributed by atoms with Gasteiger partial charge in [-0.15, -0.1) is 0 Å². The third kappa shape index (κ3) is 3.66. The van der Waals surface area contributed by atoms with Crippen LogP contribution in [0.5, 0.6) is 5.19 Å². The molecule has 4 aromatic rings. The lowest BCUT2D eigenvalue weighted by atomic mass is 10.1. The molecule has 7 nitrogen and oxygen atoms in total. The van der Waals surface area contributed by atoms with Gasteiger partial charge in [0.05, 0.1) is 11.4 Å². The van der Waals surface area contributed by atoms with Crippen molar-refractivity contribution in [2.75, 3.05) is 0 Å². The summed E-state index contributed by atoms with van der Waals surface area (Å²) < 4.78 is 35.2. The molecule has 2 aromatic carbocycles. The van der Waals surface area contributed by atoms with Gasteiger partial charge in [-0.2, -0.15) is 9.36 Å². The van der Waals surface area contributed by atoms with Crippen LogP contribution in [0.4, 0.5) is 8.78 Å². The molecule has 0 aliphatic carbocycles. The van der Waals surface area contributed by atoms with Crippen LogP contribution in [0.3, 0.4) is 0 Å². The largest absolute Gasteiger partial charge is 0.465 e. The monoisotopic (exact) mass is 415 g/mol. The van der Waals surface area contributed by atoms with Crippen LogP contribution in [0.15, 0.2) is 46.6 Å². The van der Waals surface area contributed by atoms with Crippen molar-refractivity contribution >= 4 is 11.3 Å². The van der Waals surface area contributed by atoms with Gasteiger partial charge in [-0.3, -0.25) is 0 Å². The molecule has 0 unspecified atom stereocenters. The normalized spacial score (nSPS) is 11.0. The van der Waals surface area contributed by atoms with Crippen LogP contribution in [-0.2, 0) is 13.7 Å². The van der Waals surface area contributed by atoms with Gasteiger partial charge in [0.25, 0.3) is 5.19 Å². The molecule has 2 aromatic heterocycles. The molecule has 0 N–H and O–H groups in total. The summed E-state index contributed by atoms with van der Waals surface area (Å²) in [6, 6.07) is 8.79. The van der Waals surface area contributed by atoms with E-state index in [-0.39, 0.29) is 17.9 Å². The van der Waals surface area contributed by atoms with Crippen LogP contribution in [0.2, 0.25) is 0 Å². The topological polar surface area (TPSA) is 74.8 Å². The molecule has 0 saturated heterocycles. The van der Waals surface area contributed by atoms with Crippen molar-refractivity contribution in [3.05, 3.63) is 75.0 Å². The fourth-order valence-corrected chi connectivity index (χ4v) is 3.49. The van der Waals surface area contributed by atoms with Crippen molar-refractivity contribution in [1.29, 1.82) is 0 Å². The van der Waals surface area contributed by atoms with E-state index in [1.165, 1.54) is 35.2 Å². The van der Waals surface area contributed by atoms with E-state index < -0.39 is 11.6 Å². The number of ether oxygens (including phenoxy) is 1. The second kappa shape index (κ2) is 7.55. The van der Waals surface area contributed by atoms with E-state index in [9.17, 15) is 13.6 Å². The number of aryl methyl sites for hydroxylation is 2. The zero-order valence-corrected chi connectivity index (χ0v) is 16.3. The molecule has 0 fully saturated rings. The van der Waals surface area contributed by atoms with E-state index in [4.69, 9.17) is 4.74 Å². The molecular weight excluding hydrogens is 400 g/mol. The summed E-state index contributed by atoms with van der Waals surface area (Å²) in [5, 5.41) is 9.58. The molecule has 0 aliphatic rings. The Labute approximate surface area is 167 Å². The summed E-state index contributed by atoms with van der Waals surface area (Å²) in [5.41, 5.74) is 2.39. The zero-order chi connectivity index (χ0) is 20.5. The molecule has 148 valence electrons. The molecular formula is C19H15F2N5O2S. The minimum Gasteiger partial charge on any atom is -0.465 e. The lowest BCUT2D eigenvalue weighted by Gasteiger charge is -2.11. The summed E-state index contributed by atoms with van der Waals surface area (Å²) in [5.74, 6) is -1.34. The van der Waals surface area contributed by atoms with Crippen molar-refractivity contribution in [3.8, 4) is 22.1 Å². The van der Waals surface area contributed by atoms with Crippen LogP contribution >= 0.6 is 11.3 Å². The number of rotatable bonds is 5. The van der Waals surface area contributed by atoms with Crippen molar-refractivity contribution in [1.82, 2.24) is 24.8 Å². The first-order valence-electron chi connectivity index (χ1n) is 8.55. The molecule has 0 radical (unpaired) electrons. The highest BCUT2D eigenvalue weighted by Gasteiger charge is 2.15. The fourth-order valence-electron chi connectivity index (χ4n) is 2.82. The predicted octanol–water partition coefficient (Wildman–Crippen LogP) is 3.26. The van der Waals surface area contributed by atoms with Gasteiger partial charge in [0, 0.05) is 29.6 Å². The Morgan fingerprint density at radius 3 is 2.72 bits per heavy atom. The third-order valence-electron chi connectivity index (χ3n) is 4.37. The average molecular weight is 415 g/mol. The molecule has 0 bridgehead atoms. The lowest BCUT2D eigenvalue weighted by molar-refractivity contribution is 0.303. The van der Waals surface area contributed by atoms with Gasteiger partial charge < -0.3 is 4.74 Å². The van der Waals surface area contributed by atoms with Crippen LogP contribution in [0.1, 0.15) is 11.1 Å². The fraction of sp³-hybridized carbons (Fsp3) is 0.158. The van der Waals surface area contributed by atoms with E-state index in [2.05, 4.69) is 15.4 Å². The quantitative estimate of drug-likeness (QED) is 0.500. The smallest absolute Gasteiger partial charge is 0.368 e. The number of aromatic nitrogens is 5. The van der Waals surface area contributed by atoms with Gasteiger partial charge in [-0.05, 0) is 41.1 Å². The molecule has 29 heavy (non-hydrogen) atoms. The first-order valence-corrected chi connectivity index (χ1v) is 9.43. The number of thiazole rings is 1. The van der Waals surface area contributed by atoms with Gasteiger partial charge in [-0.1, -0.05) is 23.5 Å². The summed E-state index contributed by atoms with van der Waals surface area (Å²) in [6.45, 7) is 2.02. The molecule has 2 heterocycles. The number of halogens is 2. The Morgan fingerprint density at radius 1 is 1.17 bits per heavy atom. The van der Waals surface area contributed by atoms with E-state index in [1.807, 2.05) is 19.1 Å². The molecule has 0 aliphatic heterocycles. The van der Waals surface area contributed by atoms with Gasteiger partial charge >= 0.3 is 5.69 Å². The average Bonchev–Trinajstić information content (AvgIpc) is 3.28. The van der Waals surface area contributed by atoms with E-state index in [0.717, 1.165) is 21.9 Å². The van der Waals surface area contributed by atoms with Crippen molar-refractivity contribution in [3.63, 3.8) is 0 Å². The van der Waals surface area contributed by atoms with Crippen LogP contribution < -0.4 is 10.4 Å². The van der Waals surface area contributed by atoms with Crippen LogP contribution in [-0.4, -0.2) is 24.8 Å². The highest BCUT2D eigenvalue weighted by atomic mass is 32.1. The first kappa shape index (κ1) is 18.9. The van der Waals surface area contributed by atoms with E-state index in [0.29, 0.717) is 16.6 Å². The Bertz CT molecular complexity index is 1250. The standard InChI is InChI=1S/C19H15F2N5O2S/c1-11-4-3-5-17(26-19(27)25(2)23-24-26)14(11)9-28-18-22-16(10-29-18)13-7-6-12(20)8-15(13)21/h3-8,10H,9H2,1-2H3. The number of tetrazole rings is 1. The predicted molar refractivity (Wildman–Crippen MR) is 103 cm³/mol. The van der Waals surface area contributed by atoms with Gasteiger partial charge in [-0.25, -0.2) is 18.6 Å². The van der Waals surface area contributed by atoms with E-state index >= 15 is 0 Å². The molecule has 0 saturated carbocycles. The number of hydrogen-bond acceptors (Lipinski definition) is 6. The minimum absolute atomic E-state index is 0.129. The second-order valence-electron chi connectivity index (χ2n) is 6.28.